The Bertz CT molecular complexity index is 821. The maximum Gasteiger partial charge on any atom is 0.223 e. The number of rotatable bonds is 7. The summed E-state index contributed by atoms with van der Waals surface area (Å²) >= 11 is 0. The van der Waals surface area contributed by atoms with Gasteiger partial charge >= 0.3 is 0 Å². The van der Waals surface area contributed by atoms with E-state index in [4.69, 9.17) is 9.47 Å². The Labute approximate surface area is 179 Å². The van der Waals surface area contributed by atoms with Gasteiger partial charge in [0.25, 0.3) is 0 Å². The lowest BCUT2D eigenvalue weighted by molar-refractivity contribution is -0.136. The highest BCUT2D eigenvalue weighted by Crippen LogP contribution is 2.50. The molecule has 6 nitrogen and oxygen atoms in total. The number of carbonyl (C=O) groups excluding carboxylic acids is 1. The van der Waals surface area contributed by atoms with Gasteiger partial charge in [0.2, 0.25) is 5.91 Å². The lowest BCUT2D eigenvalue weighted by atomic mass is 9.71. The van der Waals surface area contributed by atoms with Crippen LogP contribution in [0.1, 0.15) is 71.0 Å². The summed E-state index contributed by atoms with van der Waals surface area (Å²) in [5.41, 5.74) is 0.222. The maximum atomic E-state index is 12.7. The standard InChI is InChI=1S/C24H34N2O4/c1-16(15-29-12-10-23(2,3)28)21-22(26-11-6-7-20(26)27)18-13-17(14-25)8-9-19(18)30-24(21,4)5/h8-9,13,16,21-22,28H,6-7,10-12,15H2,1-5H3. The molecule has 1 N–H and O–H groups in total. The number of hydrogen-bond acceptors (Lipinski definition) is 5. The highest BCUT2D eigenvalue weighted by Gasteiger charge is 2.50. The van der Waals surface area contributed by atoms with Crippen LogP contribution in [0, 0.1) is 23.2 Å². The Morgan fingerprint density at radius 2 is 2.17 bits per heavy atom. The van der Waals surface area contributed by atoms with Gasteiger partial charge < -0.3 is 19.5 Å². The average Bonchev–Trinajstić information content (AvgIpc) is 3.07. The fourth-order valence-electron chi connectivity index (χ4n) is 4.88. The minimum absolute atomic E-state index is 0.00290. The Morgan fingerprint density at radius 1 is 1.43 bits per heavy atom. The van der Waals surface area contributed by atoms with E-state index < -0.39 is 11.2 Å². The molecule has 6 heteroatoms. The average molecular weight is 415 g/mol. The molecule has 3 rings (SSSR count). The van der Waals surface area contributed by atoms with Crippen molar-refractivity contribution in [3.05, 3.63) is 29.3 Å². The van der Waals surface area contributed by atoms with Crippen LogP contribution in [0.4, 0.5) is 0 Å². The Balaban J connectivity index is 1.92. The van der Waals surface area contributed by atoms with Crippen molar-refractivity contribution in [2.75, 3.05) is 19.8 Å². The Morgan fingerprint density at radius 3 is 2.77 bits per heavy atom. The van der Waals surface area contributed by atoms with Crippen LogP contribution in [0.3, 0.4) is 0 Å². The van der Waals surface area contributed by atoms with Gasteiger partial charge in [-0.15, -0.1) is 0 Å². The normalized spacial score (nSPS) is 24.2. The minimum Gasteiger partial charge on any atom is -0.487 e. The van der Waals surface area contributed by atoms with Crippen LogP contribution in [0.25, 0.3) is 0 Å². The van der Waals surface area contributed by atoms with Crippen molar-refractivity contribution in [1.29, 1.82) is 5.26 Å². The zero-order chi connectivity index (χ0) is 22.1. The second-order valence-electron chi connectivity index (χ2n) is 9.85. The molecule has 0 aromatic heterocycles. The predicted molar refractivity (Wildman–Crippen MR) is 114 cm³/mol. The van der Waals surface area contributed by atoms with Crippen molar-refractivity contribution in [2.45, 2.75) is 71.1 Å². The van der Waals surface area contributed by atoms with E-state index in [1.54, 1.807) is 19.9 Å². The molecule has 2 aliphatic heterocycles. The lowest BCUT2D eigenvalue weighted by Gasteiger charge is -2.50. The fourth-order valence-corrected chi connectivity index (χ4v) is 4.88. The number of likely N-dealkylation sites (tertiary alicyclic amines) is 1. The monoisotopic (exact) mass is 414 g/mol. The van der Waals surface area contributed by atoms with Crippen LogP contribution in [0.5, 0.6) is 5.75 Å². The number of benzene rings is 1. The fraction of sp³-hybridized carbons (Fsp3) is 0.667. The van der Waals surface area contributed by atoms with Crippen LogP contribution in [0.2, 0.25) is 0 Å². The second kappa shape index (κ2) is 8.56. The van der Waals surface area contributed by atoms with Crippen molar-refractivity contribution in [3.63, 3.8) is 0 Å². The van der Waals surface area contributed by atoms with E-state index in [9.17, 15) is 15.2 Å². The molecule has 30 heavy (non-hydrogen) atoms. The van der Waals surface area contributed by atoms with Crippen molar-refractivity contribution in [1.82, 2.24) is 4.90 Å². The molecule has 3 unspecified atom stereocenters. The van der Waals surface area contributed by atoms with E-state index in [0.29, 0.717) is 31.6 Å². The van der Waals surface area contributed by atoms with Crippen LogP contribution in [0.15, 0.2) is 18.2 Å². The first-order valence-electron chi connectivity index (χ1n) is 10.9. The second-order valence-corrected chi connectivity index (χ2v) is 9.85. The van der Waals surface area contributed by atoms with Gasteiger partial charge in [-0.2, -0.15) is 5.26 Å². The molecular formula is C24H34N2O4. The third-order valence-electron chi connectivity index (χ3n) is 6.27. The summed E-state index contributed by atoms with van der Waals surface area (Å²) in [6, 6.07) is 7.55. The molecule has 0 radical (unpaired) electrons. The van der Waals surface area contributed by atoms with E-state index in [2.05, 4.69) is 26.8 Å². The van der Waals surface area contributed by atoms with Gasteiger partial charge in [0.15, 0.2) is 0 Å². The molecular weight excluding hydrogens is 380 g/mol. The van der Waals surface area contributed by atoms with Crippen molar-refractivity contribution in [2.24, 2.45) is 11.8 Å². The smallest absolute Gasteiger partial charge is 0.223 e. The van der Waals surface area contributed by atoms with Crippen LogP contribution in [-0.2, 0) is 9.53 Å². The molecule has 0 bridgehead atoms. The number of fused-ring (bicyclic) bond motifs is 1. The quantitative estimate of drug-likeness (QED) is 0.686. The zero-order valence-electron chi connectivity index (χ0n) is 18.8. The first kappa shape index (κ1) is 22.6. The molecule has 0 spiro atoms. The Kier molecular flexibility index (Phi) is 6.45. The number of carbonyl (C=O) groups is 1. The highest BCUT2D eigenvalue weighted by atomic mass is 16.5. The van der Waals surface area contributed by atoms with Gasteiger partial charge in [0.1, 0.15) is 11.4 Å². The summed E-state index contributed by atoms with van der Waals surface area (Å²) in [7, 11) is 0. The van der Waals surface area contributed by atoms with Gasteiger partial charge in [0.05, 0.1) is 23.3 Å². The molecule has 2 aliphatic rings. The topological polar surface area (TPSA) is 82.8 Å². The van der Waals surface area contributed by atoms with Crippen molar-refractivity contribution in [3.8, 4) is 11.8 Å². The largest absolute Gasteiger partial charge is 0.487 e. The summed E-state index contributed by atoms with van der Waals surface area (Å²) in [6.45, 7) is 11.5. The third kappa shape index (κ3) is 4.79. The Hall–Kier alpha value is -2.10. The SMILES string of the molecule is CC(COCCC(C)(C)O)C1C(N2CCCC2=O)c2cc(C#N)ccc2OC1(C)C. The number of ether oxygens (including phenoxy) is 2. The summed E-state index contributed by atoms with van der Waals surface area (Å²) in [6.07, 6.45) is 1.98. The van der Waals surface area contributed by atoms with Gasteiger partial charge in [-0.05, 0) is 64.7 Å². The molecule has 1 aromatic rings. The molecule has 1 amide bonds. The summed E-state index contributed by atoms with van der Waals surface area (Å²) in [5, 5.41) is 19.3. The van der Waals surface area contributed by atoms with Crippen molar-refractivity contribution < 1.29 is 19.4 Å². The first-order chi connectivity index (χ1) is 14.0. The highest BCUT2D eigenvalue weighted by molar-refractivity contribution is 5.79. The number of aliphatic hydroxyl groups is 1. The molecule has 3 atom stereocenters. The summed E-state index contributed by atoms with van der Waals surface area (Å²) in [4.78, 5) is 14.7. The van der Waals surface area contributed by atoms with Gasteiger partial charge in [-0.1, -0.05) is 6.92 Å². The van der Waals surface area contributed by atoms with E-state index >= 15 is 0 Å². The van der Waals surface area contributed by atoms with E-state index in [-0.39, 0.29) is 23.8 Å². The zero-order valence-corrected chi connectivity index (χ0v) is 18.8. The van der Waals surface area contributed by atoms with Crippen molar-refractivity contribution >= 4 is 5.91 Å². The van der Waals surface area contributed by atoms with E-state index in [1.807, 2.05) is 17.0 Å². The molecule has 1 fully saturated rings. The summed E-state index contributed by atoms with van der Waals surface area (Å²) in [5.74, 6) is 1.02. The molecule has 1 aromatic carbocycles. The van der Waals surface area contributed by atoms with E-state index in [0.717, 1.165) is 24.3 Å². The molecule has 2 heterocycles. The maximum absolute atomic E-state index is 12.7. The van der Waals surface area contributed by atoms with Crippen LogP contribution < -0.4 is 4.74 Å². The summed E-state index contributed by atoms with van der Waals surface area (Å²) < 4.78 is 12.3. The van der Waals surface area contributed by atoms with Crippen LogP contribution >= 0.6 is 0 Å². The third-order valence-corrected chi connectivity index (χ3v) is 6.27. The van der Waals surface area contributed by atoms with Gasteiger partial charge in [0, 0.05) is 37.7 Å². The van der Waals surface area contributed by atoms with E-state index in [1.165, 1.54) is 0 Å². The van der Waals surface area contributed by atoms with Crippen LogP contribution in [-0.4, -0.2) is 46.9 Å². The lowest BCUT2D eigenvalue weighted by Crippen LogP contribution is -2.53. The number of nitrogens with zero attached hydrogens (tertiary/aromatic N) is 2. The van der Waals surface area contributed by atoms with Gasteiger partial charge in [-0.25, -0.2) is 0 Å². The first-order valence-corrected chi connectivity index (χ1v) is 10.9. The molecule has 0 saturated carbocycles. The predicted octanol–water partition coefficient (Wildman–Crippen LogP) is 3.82. The number of amides is 1. The van der Waals surface area contributed by atoms with Gasteiger partial charge in [-0.3, -0.25) is 4.79 Å². The minimum atomic E-state index is -0.756. The number of hydrogen-bond donors (Lipinski definition) is 1. The molecule has 164 valence electrons. The molecule has 0 aliphatic carbocycles. The molecule has 1 saturated heterocycles. The number of nitriles is 1.